The van der Waals surface area contributed by atoms with Crippen molar-refractivity contribution < 1.29 is 75.4 Å². The van der Waals surface area contributed by atoms with Gasteiger partial charge in [-0.1, -0.05) is 129 Å². The fraction of sp³-hybridized carbons (Fsp3) is 0.375. The van der Waals surface area contributed by atoms with Gasteiger partial charge in [0.15, 0.2) is 0 Å². The van der Waals surface area contributed by atoms with Crippen LogP contribution < -0.4 is 24.8 Å². The van der Waals surface area contributed by atoms with Crippen LogP contribution in [0.5, 0.6) is 0 Å². The van der Waals surface area contributed by atoms with Crippen molar-refractivity contribution in [1.29, 1.82) is 0 Å². The summed E-state index contributed by atoms with van der Waals surface area (Å²) in [7, 11) is 0. The molecule has 0 bridgehead atoms. The Labute approximate surface area is 362 Å². The summed E-state index contributed by atoms with van der Waals surface area (Å²) in [6, 6.07) is 25.3. The van der Waals surface area contributed by atoms with E-state index in [1.54, 1.807) is 0 Å². The van der Waals surface area contributed by atoms with E-state index in [4.69, 9.17) is 0 Å². The van der Waals surface area contributed by atoms with Crippen molar-refractivity contribution in [2.24, 2.45) is 11.3 Å². The smallest absolute Gasteiger partial charge is 1.00 e. The van der Waals surface area contributed by atoms with Gasteiger partial charge in [-0.2, -0.15) is 11.6 Å². The van der Waals surface area contributed by atoms with E-state index in [1.807, 2.05) is 0 Å². The third kappa shape index (κ3) is 13.1. The molecule has 1 unspecified atom stereocenters. The second-order valence-electron chi connectivity index (χ2n) is 17.4. The second-order valence-corrected chi connectivity index (χ2v) is 18.6. The molecule has 0 fully saturated rings. The average molecular weight is 905 g/mol. The van der Waals surface area contributed by atoms with Crippen LogP contribution in [0.4, 0.5) is 26.3 Å². The number of halogens is 8. The van der Waals surface area contributed by atoms with E-state index >= 15 is 0 Å². The summed E-state index contributed by atoms with van der Waals surface area (Å²) in [4.78, 5) is 0. The summed E-state index contributed by atoms with van der Waals surface area (Å²) in [5.41, 5.74) is 5.32. The van der Waals surface area contributed by atoms with Crippen molar-refractivity contribution in [1.82, 2.24) is 0 Å². The van der Waals surface area contributed by atoms with Gasteiger partial charge in [0.25, 0.3) is 0 Å². The molecule has 0 spiro atoms. The number of allylic oxidation sites excluding steroid dienone is 4. The van der Waals surface area contributed by atoms with Gasteiger partial charge in [0.1, 0.15) is 0 Å². The zero-order valence-electron chi connectivity index (χ0n) is 34.5. The molecule has 0 saturated heterocycles. The molecule has 0 N–H and O–H groups in total. The van der Waals surface area contributed by atoms with Gasteiger partial charge in [0.2, 0.25) is 0 Å². The summed E-state index contributed by atoms with van der Waals surface area (Å²) in [5.74, 6) is 0.522. The minimum absolute atomic E-state index is 0. The van der Waals surface area contributed by atoms with E-state index in [9.17, 15) is 26.3 Å². The van der Waals surface area contributed by atoms with Crippen LogP contribution in [0.25, 0.3) is 21.5 Å². The first-order valence-corrected chi connectivity index (χ1v) is 19.9. The van der Waals surface area contributed by atoms with Crippen LogP contribution in [0.2, 0.25) is 0 Å². The molecule has 1 atom stereocenters. The van der Waals surface area contributed by atoms with Crippen molar-refractivity contribution in [2.45, 2.75) is 106 Å². The van der Waals surface area contributed by atoms with Crippen LogP contribution in [-0.2, 0) is 47.4 Å². The van der Waals surface area contributed by atoms with E-state index in [0.717, 1.165) is 54.9 Å². The van der Waals surface area contributed by atoms with E-state index < -0.39 is 23.5 Å². The molecule has 0 saturated carbocycles. The summed E-state index contributed by atoms with van der Waals surface area (Å²) >= 11 is 0.729. The number of hydrogen-bond acceptors (Lipinski definition) is 0. The fourth-order valence-electron chi connectivity index (χ4n) is 6.54. The average Bonchev–Trinajstić information content (AvgIpc) is 3.66. The number of benzene rings is 4. The maximum atomic E-state index is 12.7. The number of hydrogen-bond donors (Lipinski definition) is 0. The molecular formula is C48H52Cl2F6Zr-2. The van der Waals surface area contributed by atoms with Crippen molar-refractivity contribution in [3.63, 3.8) is 0 Å². The first-order chi connectivity index (χ1) is 25.2. The monoisotopic (exact) mass is 902 g/mol. The van der Waals surface area contributed by atoms with Gasteiger partial charge < -0.3 is 24.8 Å². The van der Waals surface area contributed by atoms with Gasteiger partial charge in [0.05, 0.1) is 0 Å². The molecule has 9 heteroatoms. The Kier molecular flexibility index (Phi) is 16.8. The topological polar surface area (TPSA) is 0 Å². The summed E-state index contributed by atoms with van der Waals surface area (Å²) < 4.78 is 76.7. The molecule has 5 aromatic rings. The third-order valence-corrected chi connectivity index (χ3v) is 11.1. The molecule has 0 aliphatic heterocycles. The molecule has 0 aromatic heterocycles. The van der Waals surface area contributed by atoms with Crippen molar-refractivity contribution >= 4 is 24.8 Å². The summed E-state index contributed by atoms with van der Waals surface area (Å²) in [6.07, 6.45) is -2.02. The molecule has 306 valence electrons. The Bertz CT molecular complexity index is 2090. The normalized spacial score (nSPS) is 14.7. The summed E-state index contributed by atoms with van der Waals surface area (Å²) in [5, 5.41) is 5.49. The van der Waals surface area contributed by atoms with Crippen molar-refractivity contribution in [3.8, 4) is 0 Å². The quantitative estimate of drug-likeness (QED) is 0.126. The van der Waals surface area contributed by atoms with Crippen LogP contribution in [-0.4, -0.2) is 3.21 Å². The molecule has 57 heavy (non-hydrogen) atoms. The maximum absolute atomic E-state index is 12.7. The first kappa shape index (κ1) is 50.3. The van der Waals surface area contributed by atoms with Gasteiger partial charge in [-0.05, 0) is 10.8 Å². The molecular weight excluding hydrogens is 853 g/mol. The molecule has 0 heterocycles. The van der Waals surface area contributed by atoms with Crippen LogP contribution in [0, 0.1) is 17.4 Å². The second kappa shape index (κ2) is 19.0. The fourth-order valence-corrected chi connectivity index (χ4v) is 7.30. The maximum Gasteiger partial charge on any atom is -1.00 e. The van der Waals surface area contributed by atoms with E-state index in [0.29, 0.717) is 14.5 Å². The predicted molar refractivity (Wildman–Crippen MR) is 214 cm³/mol. The standard InChI is InChI=1S/C21H25.C15H8F6.C12H19.2ClH.Zr/c1-20(2,3)16-9-7-14-11-15-8-10-17(21(4,5)6)13-19(15)18(14)12-16;16-14(17,18)12-5-1-3-10(8-12)7-11-4-2-6-13(9-11)15(19,20)21;1-6-10-7-9(2)8-11(10)12(3,4)5;;;/h7-13H,1-6H3;1-6,8-9H;8-9H,6H2,1-5H3;2*1H;/q-1;;-1;;;+2/p-2. The minimum Gasteiger partial charge on any atom is -1.00 e. The summed E-state index contributed by atoms with van der Waals surface area (Å²) in [6.45, 7) is 24.9. The van der Waals surface area contributed by atoms with Crippen LogP contribution in [0.15, 0.2) is 108 Å². The Morgan fingerprint density at radius 3 is 1.32 bits per heavy atom. The van der Waals surface area contributed by atoms with Gasteiger partial charge >= 0.3 is 137 Å². The molecule has 1 aliphatic carbocycles. The van der Waals surface area contributed by atoms with E-state index in [-0.39, 0.29) is 46.8 Å². The molecule has 0 nitrogen and oxygen atoms in total. The van der Waals surface area contributed by atoms with Crippen molar-refractivity contribution in [3.05, 3.63) is 148 Å². The molecule has 1 aliphatic rings. The molecule has 5 aromatic carbocycles. The van der Waals surface area contributed by atoms with Crippen molar-refractivity contribution in [2.75, 3.05) is 0 Å². The molecule has 6 rings (SSSR count). The van der Waals surface area contributed by atoms with Crippen LogP contribution in [0.1, 0.15) is 116 Å². The number of alkyl halides is 6. The largest absolute Gasteiger partial charge is 1.00 e. The Morgan fingerprint density at radius 2 is 1.00 bits per heavy atom. The zero-order valence-corrected chi connectivity index (χ0v) is 38.5. The van der Waals surface area contributed by atoms with Gasteiger partial charge in [0, 0.05) is 0 Å². The first-order valence-electron chi connectivity index (χ1n) is 18.6. The van der Waals surface area contributed by atoms with Gasteiger partial charge in [-0.3, -0.25) is 6.08 Å². The Balaban J connectivity index is 0.000000302. The number of fused-ring (bicyclic) bond motifs is 3. The van der Waals surface area contributed by atoms with Gasteiger partial charge in [-0.25, -0.2) is 5.57 Å². The van der Waals surface area contributed by atoms with E-state index in [2.05, 4.69) is 131 Å². The van der Waals surface area contributed by atoms with Crippen LogP contribution in [0.3, 0.4) is 0 Å². The SMILES string of the molecule is CC(C)(C)c1ccc2[cH-]c3ccc(C(C)(C)C)cc3c2c1.CCC1=[C-]C(C)C=C1C(C)(C)C.FC(F)(F)c1cccc([C](=[Zr+2])c2cccc(C(F)(F)F)c2)c1.[Cl-].[Cl-]. The number of rotatable bonds is 3. The zero-order chi connectivity index (χ0) is 41.3. The Morgan fingerprint density at radius 1 is 0.596 bits per heavy atom. The third-order valence-electron chi connectivity index (χ3n) is 9.70. The van der Waals surface area contributed by atoms with E-state index in [1.165, 1.54) is 68.1 Å². The van der Waals surface area contributed by atoms with Gasteiger partial charge in [-0.15, -0.1) is 39.7 Å². The molecule has 0 radical (unpaired) electrons. The molecule has 0 amide bonds. The minimum atomic E-state index is -4.49. The van der Waals surface area contributed by atoms with Crippen LogP contribution >= 0.6 is 0 Å². The Hall–Kier alpha value is -2.86. The predicted octanol–water partition coefficient (Wildman–Crippen LogP) is 8.90.